The summed E-state index contributed by atoms with van der Waals surface area (Å²) in [4.78, 5) is 28.1. The summed E-state index contributed by atoms with van der Waals surface area (Å²) in [5, 5.41) is 0. The summed E-state index contributed by atoms with van der Waals surface area (Å²) in [6.07, 6.45) is 3.65. The molecule has 0 saturated heterocycles. The fourth-order valence-electron chi connectivity index (χ4n) is 9.06. The molecule has 0 N–H and O–H groups in total. The Morgan fingerprint density at radius 2 is 0.712 bits per heavy atom. The third-order valence-electron chi connectivity index (χ3n) is 12.2. The van der Waals surface area contributed by atoms with Crippen LogP contribution < -0.4 is 37.9 Å². The van der Waals surface area contributed by atoms with Crippen LogP contribution in [0.3, 0.4) is 0 Å². The van der Waals surface area contributed by atoms with Crippen LogP contribution in [0, 0.1) is 0 Å². The fraction of sp³-hybridized carbons (Fsp3) is 0.508. The van der Waals surface area contributed by atoms with Gasteiger partial charge in [0.15, 0.2) is 23.0 Å². The van der Waals surface area contributed by atoms with E-state index < -0.39 is 29.6 Å². The fourth-order valence-corrected chi connectivity index (χ4v) is 9.06. The van der Waals surface area contributed by atoms with Crippen LogP contribution in [0.4, 0.5) is 0 Å². The van der Waals surface area contributed by atoms with Crippen molar-refractivity contribution in [3.05, 3.63) is 106 Å². The Morgan fingerprint density at radius 1 is 0.425 bits per heavy atom. The molecule has 0 saturated carbocycles. The van der Waals surface area contributed by atoms with Crippen molar-refractivity contribution >= 4 is 11.9 Å². The van der Waals surface area contributed by atoms with Crippen molar-refractivity contribution in [1.29, 1.82) is 0 Å². The zero-order chi connectivity index (χ0) is 53.2. The lowest BCUT2D eigenvalue weighted by molar-refractivity contribution is -0.131. The van der Waals surface area contributed by atoms with Crippen LogP contribution in [-0.4, -0.2) is 64.8 Å². The van der Waals surface area contributed by atoms with Crippen LogP contribution >= 0.6 is 0 Å². The van der Waals surface area contributed by atoms with Crippen LogP contribution in [0.5, 0.6) is 46.0 Å². The smallest absolute Gasteiger partial charge is 0.338 e. The maximum absolute atomic E-state index is 14.1. The Labute approximate surface area is 435 Å². The standard InChI is InChI=1S/C61H82O12/c1-15-31-64-41(13)47-51(66-33-17-3)49(55(68-35-19-5)57(70-37-21-7)53(47)72-59(62)39(9)10)61(45-29-25-23-27-43(45)44-28-24-26-30-46(44)61)50-52(67-34-18-4)48(42(14)65-32-16-2)54(73-60(63)40(11)12)58(71-38-22-8)56(50)69-36-20-6/h23-30,41-42H,9,11,15-22,31-38H2,1-8,10,12-14H3. The third-order valence-corrected chi connectivity index (χ3v) is 12.2. The van der Waals surface area contributed by atoms with Gasteiger partial charge >= 0.3 is 11.9 Å². The monoisotopic (exact) mass is 1010 g/mol. The molecule has 0 bridgehead atoms. The summed E-state index contributed by atoms with van der Waals surface area (Å²) >= 11 is 0. The van der Waals surface area contributed by atoms with Crippen LogP contribution in [0.2, 0.25) is 0 Å². The van der Waals surface area contributed by atoms with E-state index in [-0.39, 0.29) is 85.3 Å². The Kier molecular flexibility index (Phi) is 22.1. The summed E-state index contributed by atoms with van der Waals surface area (Å²) in [6, 6.07) is 16.6. The number of hydrogen-bond acceptors (Lipinski definition) is 12. The molecule has 73 heavy (non-hydrogen) atoms. The molecule has 0 radical (unpaired) electrons. The summed E-state index contributed by atoms with van der Waals surface area (Å²) in [6.45, 7) is 33.5. The molecule has 2 unspecified atom stereocenters. The minimum Gasteiger partial charge on any atom is -0.493 e. The van der Waals surface area contributed by atoms with E-state index in [1.165, 1.54) is 0 Å². The number of hydrogen-bond donors (Lipinski definition) is 0. The van der Waals surface area contributed by atoms with Crippen LogP contribution in [-0.2, 0) is 24.5 Å². The lowest BCUT2D eigenvalue weighted by Gasteiger charge is -2.41. The molecule has 0 aromatic heterocycles. The predicted octanol–water partition coefficient (Wildman–Crippen LogP) is 14.7. The van der Waals surface area contributed by atoms with Crippen molar-refractivity contribution < 1.29 is 57.0 Å². The molecule has 2 atom stereocenters. The molecule has 0 heterocycles. The average Bonchev–Trinajstić information content (AvgIpc) is 3.68. The molecule has 1 aliphatic carbocycles. The largest absolute Gasteiger partial charge is 0.493 e. The average molecular weight is 1010 g/mol. The van der Waals surface area contributed by atoms with E-state index in [1.54, 1.807) is 13.8 Å². The van der Waals surface area contributed by atoms with E-state index in [9.17, 15) is 9.59 Å². The lowest BCUT2D eigenvalue weighted by atomic mass is 9.65. The maximum Gasteiger partial charge on any atom is 0.338 e. The molecule has 12 heteroatoms. The second kappa shape index (κ2) is 27.9. The van der Waals surface area contributed by atoms with E-state index in [4.69, 9.17) is 47.4 Å². The summed E-state index contributed by atoms with van der Waals surface area (Å²) in [5.74, 6) is 0.636. The second-order valence-corrected chi connectivity index (χ2v) is 18.5. The molecule has 12 nitrogen and oxygen atoms in total. The molecular weight excluding hydrogens is 925 g/mol. The highest BCUT2D eigenvalue weighted by atomic mass is 16.6. The van der Waals surface area contributed by atoms with Crippen molar-refractivity contribution in [3.63, 3.8) is 0 Å². The van der Waals surface area contributed by atoms with Crippen molar-refractivity contribution in [2.45, 2.75) is 152 Å². The first-order chi connectivity index (χ1) is 35.3. The number of rotatable bonds is 32. The number of ether oxygens (including phenoxy) is 10. The number of carbonyl (C=O) groups is 2. The summed E-state index contributed by atoms with van der Waals surface area (Å²) < 4.78 is 69.3. The highest BCUT2D eigenvalue weighted by molar-refractivity contribution is 5.95. The Bertz CT molecular complexity index is 2350. The first kappa shape index (κ1) is 57.9. The predicted molar refractivity (Wildman–Crippen MR) is 289 cm³/mol. The Balaban J connectivity index is 2.37. The van der Waals surface area contributed by atoms with Crippen LogP contribution in [0.15, 0.2) is 72.8 Å². The summed E-state index contributed by atoms with van der Waals surface area (Å²) in [7, 11) is 0. The minimum atomic E-state index is -1.52. The van der Waals surface area contributed by atoms with Gasteiger partial charge in [0.25, 0.3) is 0 Å². The van der Waals surface area contributed by atoms with Crippen molar-refractivity contribution in [2.24, 2.45) is 0 Å². The maximum atomic E-state index is 14.1. The molecule has 0 fully saturated rings. The number of fused-ring (bicyclic) bond motifs is 3. The number of esters is 2. The van der Waals surface area contributed by atoms with E-state index in [1.807, 2.05) is 93.5 Å². The van der Waals surface area contributed by atoms with Crippen molar-refractivity contribution in [2.75, 3.05) is 52.9 Å². The molecule has 0 aliphatic heterocycles. The highest BCUT2D eigenvalue weighted by Crippen LogP contribution is 2.69. The zero-order valence-corrected chi connectivity index (χ0v) is 45.9. The van der Waals surface area contributed by atoms with Crippen molar-refractivity contribution in [3.8, 4) is 57.1 Å². The van der Waals surface area contributed by atoms with Gasteiger partial charge in [0.1, 0.15) is 11.5 Å². The molecular formula is C61H82O12. The van der Waals surface area contributed by atoms with E-state index in [2.05, 4.69) is 37.4 Å². The van der Waals surface area contributed by atoms with Gasteiger partial charge in [0.05, 0.1) is 79.5 Å². The van der Waals surface area contributed by atoms with E-state index in [0.29, 0.717) is 98.3 Å². The molecule has 398 valence electrons. The SMILES string of the molecule is C=C(C)C(=O)Oc1c(OCCC)c(OCCC)c(C2(c3c(OCCC)c(OCCC)c(OC(=O)C(=C)C)c(C(C)OCCC)c3OCCC)c3ccccc3-c3ccccc32)c(OCCC)c1C(C)OCCC. The summed E-state index contributed by atoms with van der Waals surface area (Å²) in [5.41, 5.74) is 4.37. The van der Waals surface area contributed by atoms with Crippen LogP contribution in [0.1, 0.15) is 180 Å². The first-order valence-corrected chi connectivity index (χ1v) is 26.7. The van der Waals surface area contributed by atoms with Gasteiger partial charge in [-0.3, -0.25) is 0 Å². The first-order valence-electron chi connectivity index (χ1n) is 26.7. The second-order valence-electron chi connectivity index (χ2n) is 18.5. The lowest BCUT2D eigenvalue weighted by Crippen LogP contribution is -2.34. The highest BCUT2D eigenvalue weighted by Gasteiger charge is 2.56. The quantitative estimate of drug-likeness (QED) is 0.0231. The van der Waals surface area contributed by atoms with Crippen LogP contribution in [0.25, 0.3) is 11.1 Å². The van der Waals surface area contributed by atoms with E-state index in [0.717, 1.165) is 22.3 Å². The Hall–Kier alpha value is -5.98. The van der Waals surface area contributed by atoms with Gasteiger partial charge < -0.3 is 47.4 Å². The van der Waals surface area contributed by atoms with Gasteiger partial charge in [-0.2, -0.15) is 0 Å². The van der Waals surface area contributed by atoms with Gasteiger partial charge in [-0.05, 0) is 101 Å². The van der Waals surface area contributed by atoms with Crippen molar-refractivity contribution in [1.82, 2.24) is 0 Å². The molecule has 4 aromatic rings. The van der Waals surface area contributed by atoms with Gasteiger partial charge in [0.2, 0.25) is 11.5 Å². The molecule has 1 aliphatic rings. The van der Waals surface area contributed by atoms with E-state index >= 15 is 0 Å². The third kappa shape index (κ3) is 12.3. The molecule has 0 spiro atoms. The van der Waals surface area contributed by atoms with Gasteiger partial charge in [-0.15, -0.1) is 0 Å². The van der Waals surface area contributed by atoms with Gasteiger partial charge in [0, 0.05) is 24.4 Å². The van der Waals surface area contributed by atoms with Gasteiger partial charge in [-0.1, -0.05) is 117 Å². The topological polar surface area (TPSA) is 126 Å². The number of benzene rings is 4. The molecule has 5 rings (SSSR count). The normalized spacial score (nSPS) is 13.0. The minimum absolute atomic E-state index is 0.113. The number of carbonyl (C=O) groups excluding carboxylic acids is 2. The Morgan fingerprint density at radius 3 is 1.01 bits per heavy atom. The van der Waals surface area contributed by atoms with Gasteiger partial charge in [-0.25, -0.2) is 9.59 Å². The zero-order valence-electron chi connectivity index (χ0n) is 45.9. The molecule has 4 aromatic carbocycles. The molecule has 0 amide bonds.